The van der Waals surface area contributed by atoms with Crippen LogP contribution in [0.25, 0.3) is 0 Å². The summed E-state index contributed by atoms with van der Waals surface area (Å²) in [6, 6.07) is 21.7. The summed E-state index contributed by atoms with van der Waals surface area (Å²) in [5, 5.41) is 0. The maximum absolute atomic E-state index is 2.44. The lowest BCUT2D eigenvalue weighted by Crippen LogP contribution is -2.21. The molecule has 1 aliphatic carbocycles. The predicted molar refractivity (Wildman–Crippen MR) is 99.7 cm³/mol. The lowest BCUT2D eigenvalue weighted by Gasteiger charge is -2.31. The summed E-state index contributed by atoms with van der Waals surface area (Å²) in [4.78, 5) is 0. The van der Waals surface area contributed by atoms with Crippen LogP contribution in [0.5, 0.6) is 0 Å². The third-order valence-corrected chi connectivity index (χ3v) is 5.44. The Balaban J connectivity index is 1.76. The first kappa shape index (κ1) is 15.8. The zero-order valence-electron chi connectivity index (χ0n) is 14.4. The van der Waals surface area contributed by atoms with Gasteiger partial charge in [-0.2, -0.15) is 0 Å². The molecule has 0 spiro atoms. The first-order valence-electron chi connectivity index (χ1n) is 8.60. The van der Waals surface area contributed by atoms with E-state index in [4.69, 9.17) is 0 Å². The van der Waals surface area contributed by atoms with Gasteiger partial charge in [-0.25, -0.2) is 0 Å². The van der Waals surface area contributed by atoms with Crippen molar-refractivity contribution >= 4 is 0 Å². The highest BCUT2D eigenvalue weighted by Crippen LogP contribution is 2.38. The average molecular weight is 302 g/mol. The summed E-state index contributed by atoms with van der Waals surface area (Å²) in [6.07, 6.45) is 8.26. The van der Waals surface area contributed by atoms with Crippen LogP contribution in [0.1, 0.15) is 44.2 Å². The van der Waals surface area contributed by atoms with E-state index in [9.17, 15) is 0 Å². The molecule has 0 saturated carbocycles. The van der Waals surface area contributed by atoms with Gasteiger partial charge < -0.3 is 0 Å². The molecule has 3 atom stereocenters. The lowest BCUT2D eigenvalue weighted by molar-refractivity contribution is 0.542. The second-order valence-corrected chi connectivity index (χ2v) is 7.01. The molecule has 0 amide bonds. The maximum Gasteiger partial charge on any atom is 0.0141 e. The van der Waals surface area contributed by atoms with Gasteiger partial charge in [0, 0.05) is 5.41 Å². The van der Waals surface area contributed by atoms with Crippen LogP contribution in [-0.2, 0) is 5.41 Å². The topological polar surface area (TPSA) is 0 Å². The standard InChI is InChI=1S/C23H26/c1-18(20-10-6-4-7-11-20)19(2)21-14-16-23(3,17-15-21)22-12-8-5-9-13-22/h4-16,18-19H,17H2,1-3H3. The molecule has 0 heterocycles. The van der Waals surface area contributed by atoms with Gasteiger partial charge in [-0.3, -0.25) is 0 Å². The van der Waals surface area contributed by atoms with E-state index in [0.29, 0.717) is 11.8 Å². The van der Waals surface area contributed by atoms with E-state index in [-0.39, 0.29) is 5.41 Å². The van der Waals surface area contributed by atoms with Crippen LogP contribution < -0.4 is 0 Å². The Labute approximate surface area is 140 Å². The van der Waals surface area contributed by atoms with E-state index in [1.807, 2.05) is 0 Å². The van der Waals surface area contributed by atoms with Gasteiger partial charge in [0.25, 0.3) is 0 Å². The van der Waals surface area contributed by atoms with Gasteiger partial charge in [0.05, 0.1) is 0 Å². The van der Waals surface area contributed by atoms with Gasteiger partial charge in [-0.05, 0) is 35.0 Å². The molecular weight excluding hydrogens is 276 g/mol. The monoisotopic (exact) mass is 302 g/mol. The fourth-order valence-corrected chi connectivity index (χ4v) is 3.45. The van der Waals surface area contributed by atoms with Crippen molar-refractivity contribution < 1.29 is 0 Å². The summed E-state index contributed by atoms with van der Waals surface area (Å²) in [7, 11) is 0. The fraction of sp³-hybridized carbons (Fsp3) is 0.304. The Kier molecular flexibility index (Phi) is 4.52. The van der Waals surface area contributed by atoms with Crippen molar-refractivity contribution in [2.75, 3.05) is 0 Å². The number of hydrogen-bond donors (Lipinski definition) is 0. The molecule has 23 heavy (non-hydrogen) atoms. The molecule has 0 saturated heterocycles. The first-order chi connectivity index (χ1) is 11.1. The predicted octanol–water partition coefficient (Wildman–Crippen LogP) is 6.27. The van der Waals surface area contributed by atoms with E-state index in [0.717, 1.165) is 6.42 Å². The highest BCUT2D eigenvalue weighted by molar-refractivity contribution is 5.39. The van der Waals surface area contributed by atoms with Crippen LogP contribution in [0.15, 0.2) is 84.5 Å². The van der Waals surface area contributed by atoms with Crippen molar-refractivity contribution in [2.24, 2.45) is 5.92 Å². The van der Waals surface area contributed by atoms with Crippen molar-refractivity contribution in [1.82, 2.24) is 0 Å². The van der Waals surface area contributed by atoms with E-state index < -0.39 is 0 Å². The molecule has 0 aliphatic heterocycles. The van der Waals surface area contributed by atoms with Crippen LogP contribution in [0, 0.1) is 5.92 Å². The lowest BCUT2D eigenvalue weighted by atomic mass is 9.73. The Morgan fingerprint density at radius 2 is 1.43 bits per heavy atom. The number of rotatable bonds is 4. The van der Waals surface area contributed by atoms with Crippen LogP contribution >= 0.6 is 0 Å². The maximum atomic E-state index is 2.44. The first-order valence-corrected chi connectivity index (χ1v) is 8.60. The molecule has 3 rings (SSSR count). The van der Waals surface area contributed by atoms with Crippen LogP contribution in [0.2, 0.25) is 0 Å². The molecule has 0 heteroatoms. The third kappa shape index (κ3) is 3.32. The Morgan fingerprint density at radius 1 is 0.826 bits per heavy atom. The van der Waals surface area contributed by atoms with Gasteiger partial charge >= 0.3 is 0 Å². The van der Waals surface area contributed by atoms with Crippen molar-refractivity contribution in [3.63, 3.8) is 0 Å². The molecule has 2 aromatic carbocycles. The van der Waals surface area contributed by atoms with Crippen LogP contribution in [0.4, 0.5) is 0 Å². The van der Waals surface area contributed by atoms with E-state index in [2.05, 4.69) is 99.7 Å². The Morgan fingerprint density at radius 3 is 2.00 bits per heavy atom. The highest BCUT2D eigenvalue weighted by Gasteiger charge is 2.27. The van der Waals surface area contributed by atoms with Gasteiger partial charge in [0.1, 0.15) is 0 Å². The largest absolute Gasteiger partial charge is 0.0798 e. The minimum absolute atomic E-state index is 0.125. The van der Waals surface area contributed by atoms with E-state index in [1.165, 1.54) is 16.7 Å². The fourth-order valence-electron chi connectivity index (χ4n) is 3.45. The van der Waals surface area contributed by atoms with Gasteiger partial charge in [-0.1, -0.05) is 99.7 Å². The minimum atomic E-state index is 0.125. The SMILES string of the molecule is CC(C1=CCC(C)(c2ccccc2)C=C1)C(C)c1ccccc1. The van der Waals surface area contributed by atoms with E-state index >= 15 is 0 Å². The molecule has 3 unspecified atom stereocenters. The molecular formula is C23H26. The van der Waals surface area contributed by atoms with Gasteiger partial charge in [0.2, 0.25) is 0 Å². The molecule has 0 bridgehead atoms. The quantitative estimate of drug-likeness (QED) is 0.624. The molecule has 1 aliphatic rings. The van der Waals surface area contributed by atoms with Crippen molar-refractivity contribution in [1.29, 1.82) is 0 Å². The second-order valence-electron chi connectivity index (χ2n) is 7.01. The molecule has 0 radical (unpaired) electrons. The molecule has 0 fully saturated rings. The number of benzene rings is 2. The summed E-state index contributed by atoms with van der Waals surface area (Å²) in [5.41, 5.74) is 4.41. The number of allylic oxidation sites excluding steroid dienone is 4. The van der Waals surface area contributed by atoms with Crippen molar-refractivity contribution in [3.8, 4) is 0 Å². The van der Waals surface area contributed by atoms with Crippen LogP contribution in [-0.4, -0.2) is 0 Å². The zero-order valence-corrected chi connectivity index (χ0v) is 14.4. The molecule has 2 aromatic rings. The Bertz CT molecular complexity index is 693. The summed E-state index contributed by atoms with van der Waals surface area (Å²) in [5.74, 6) is 1.07. The number of hydrogen-bond acceptors (Lipinski definition) is 0. The molecule has 118 valence electrons. The summed E-state index contributed by atoms with van der Waals surface area (Å²) in [6.45, 7) is 7.01. The smallest absolute Gasteiger partial charge is 0.0141 e. The highest BCUT2D eigenvalue weighted by atomic mass is 14.3. The summed E-state index contributed by atoms with van der Waals surface area (Å²) < 4.78 is 0. The van der Waals surface area contributed by atoms with Crippen molar-refractivity contribution in [2.45, 2.75) is 38.5 Å². The molecule has 0 aromatic heterocycles. The van der Waals surface area contributed by atoms with Crippen LogP contribution in [0.3, 0.4) is 0 Å². The third-order valence-electron chi connectivity index (χ3n) is 5.44. The van der Waals surface area contributed by atoms with Gasteiger partial charge in [0.15, 0.2) is 0 Å². The zero-order chi connectivity index (χ0) is 16.3. The summed E-state index contributed by atoms with van der Waals surface area (Å²) >= 11 is 0. The Hall–Kier alpha value is -2.08. The normalized spacial score (nSPS) is 23.2. The second kappa shape index (κ2) is 6.58. The molecule has 0 N–H and O–H groups in total. The van der Waals surface area contributed by atoms with E-state index in [1.54, 1.807) is 0 Å². The minimum Gasteiger partial charge on any atom is -0.0798 e. The average Bonchev–Trinajstić information content (AvgIpc) is 2.63. The van der Waals surface area contributed by atoms with Crippen molar-refractivity contribution in [3.05, 3.63) is 95.6 Å². The van der Waals surface area contributed by atoms with Gasteiger partial charge in [-0.15, -0.1) is 0 Å². The molecule has 0 nitrogen and oxygen atoms in total.